The van der Waals surface area contributed by atoms with Gasteiger partial charge in [0.1, 0.15) is 5.82 Å². The average Bonchev–Trinajstić information content (AvgIpc) is 2.40. The Morgan fingerprint density at radius 1 is 1.16 bits per heavy atom. The summed E-state index contributed by atoms with van der Waals surface area (Å²) in [6.07, 6.45) is 0.722. The number of hydrogen-bond donors (Lipinski definition) is 1. The molecule has 0 spiro atoms. The second kappa shape index (κ2) is 6.73. The Hall–Kier alpha value is -1.32. The fraction of sp³-hybridized carbons (Fsp3) is 0.250. The Bertz CT molecular complexity index is 554. The molecule has 0 aromatic heterocycles. The van der Waals surface area contributed by atoms with E-state index in [9.17, 15) is 4.39 Å². The highest BCUT2D eigenvalue weighted by molar-refractivity contribution is 7.98. The summed E-state index contributed by atoms with van der Waals surface area (Å²) in [7, 11) is 0. The van der Waals surface area contributed by atoms with Gasteiger partial charge in [0.2, 0.25) is 0 Å². The minimum atomic E-state index is -0.149. The summed E-state index contributed by atoms with van der Waals surface area (Å²) < 4.78 is 13.9. The van der Waals surface area contributed by atoms with Crippen LogP contribution in [0.25, 0.3) is 0 Å². The molecule has 0 amide bonds. The molecule has 100 valence electrons. The highest BCUT2D eigenvalue weighted by Crippen LogP contribution is 2.27. The van der Waals surface area contributed by atoms with Crippen molar-refractivity contribution < 1.29 is 4.39 Å². The van der Waals surface area contributed by atoms with E-state index in [1.807, 2.05) is 24.3 Å². The van der Waals surface area contributed by atoms with Gasteiger partial charge in [0, 0.05) is 10.6 Å². The normalized spacial score (nSPS) is 10.7. The van der Waals surface area contributed by atoms with Gasteiger partial charge in [0.15, 0.2) is 0 Å². The second-order valence-electron chi connectivity index (χ2n) is 4.52. The quantitative estimate of drug-likeness (QED) is 0.837. The lowest BCUT2D eigenvalue weighted by Gasteiger charge is -2.07. The smallest absolute Gasteiger partial charge is 0.137 e. The van der Waals surface area contributed by atoms with E-state index < -0.39 is 0 Å². The van der Waals surface area contributed by atoms with Gasteiger partial charge in [-0.2, -0.15) is 0 Å². The molecule has 0 heterocycles. The van der Waals surface area contributed by atoms with Crippen molar-refractivity contribution in [1.82, 2.24) is 0 Å². The van der Waals surface area contributed by atoms with Crippen molar-refractivity contribution in [3.05, 3.63) is 65.0 Å². The Balaban J connectivity index is 2.06. The zero-order chi connectivity index (χ0) is 13.7. The van der Waals surface area contributed by atoms with Crippen LogP contribution in [0.3, 0.4) is 0 Å². The first kappa shape index (κ1) is 14.1. The van der Waals surface area contributed by atoms with Crippen LogP contribution in [0.4, 0.5) is 4.39 Å². The third-order valence-corrected chi connectivity index (χ3v) is 4.17. The van der Waals surface area contributed by atoms with Gasteiger partial charge in [-0.1, -0.05) is 30.3 Å². The SMILES string of the molecule is Cc1ccccc1CSc1ccc(CCN)cc1F. The largest absolute Gasteiger partial charge is 0.330 e. The van der Waals surface area contributed by atoms with E-state index in [1.54, 1.807) is 6.07 Å². The number of aryl methyl sites for hydroxylation is 1. The zero-order valence-electron chi connectivity index (χ0n) is 11.0. The molecule has 2 N–H and O–H groups in total. The third-order valence-electron chi connectivity index (χ3n) is 3.07. The molecule has 1 nitrogen and oxygen atoms in total. The summed E-state index contributed by atoms with van der Waals surface area (Å²) in [6.45, 7) is 2.63. The number of benzene rings is 2. The Morgan fingerprint density at radius 3 is 2.63 bits per heavy atom. The maximum Gasteiger partial charge on any atom is 0.137 e. The first-order valence-corrected chi connectivity index (χ1v) is 7.35. The van der Waals surface area contributed by atoms with Gasteiger partial charge in [-0.25, -0.2) is 4.39 Å². The van der Waals surface area contributed by atoms with E-state index in [4.69, 9.17) is 5.73 Å². The van der Waals surface area contributed by atoms with Crippen LogP contribution in [-0.2, 0) is 12.2 Å². The predicted molar refractivity (Wildman–Crippen MR) is 79.9 cm³/mol. The van der Waals surface area contributed by atoms with E-state index in [0.717, 1.165) is 17.7 Å². The van der Waals surface area contributed by atoms with E-state index in [0.29, 0.717) is 11.4 Å². The van der Waals surface area contributed by atoms with Crippen LogP contribution in [0.15, 0.2) is 47.4 Å². The topological polar surface area (TPSA) is 26.0 Å². The number of thioether (sulfide) groups is 1. The van der Waals surface area contributed by atoms with Gasteiger partial charge in [-0.3, -0.25) is 0 Å². The van der Waals surface area contributed by atoms with Gasteiger partial charge in [-0.05, 0) is 48.7 Å². The highest BCUT2D eigenvalue weighted by atomic mass is 32.2. The maximum absolute atomic E-state index is 13.9. The summed E-state index contributed by atoms with van der Waals surface area (Å²) in [6, 6.07) is 13.6. The van der Waals surface area contributed by atoms with E-state index >= 15 is 0 Å². The van der Waals surface area contributed by atoms with Crippen LogP contribution in [0.1, 0.15) is 16.7 Å². The van der Waals surface area contributed by atoms with E-state index in [2.05, 4.69) is 19.1 Å². The van der Waals surface area contributed by atoms with Crippen molar-refractivity contribution >= 4 is 11.8 Å². The molecule has 0 bridgehead atoms. The second-order valence-corrected chi connectivity index (χ2v) is 5.54. The molecule has 0 fully saturated rings. The lowest BCUT2D eigenvalue weighted by atomic mass is 10.1. The summed E-state index contributed by atoms with van der Waals surface area (Å²) in [4.78, 5) is 0.698. The molecule has 2 aromatic rings. The molecule has 19 heavy (non-hydrogen) atoms. The minimum absolute atomic E-state index is 0.149. The Kier molecular flexibility index (Phi) is 5.00. The standard InChI is InChI=1S/C16H18FNS/c1-12-4-2-3-5-14(12)11-19-16-7-6-13(8-9-18)10-15(16)17/h2-7,10H,8-9,11,18H2,1H3. The van der Waals surface area contributed by atoms with Crippen molar-refractivity contribution in [2.45, 2.75) is 24.0 Å². The average molecular weight is 275 g/mol. The van der Waals surface area contributed by atoms with Crippen LogP contribution in [-0.4, -0.2) is 6.54 Å². The van der Waals surface area contributed by atoms with Gasteiger partial charge < -0.3 is 5.73 Å². The van der Waals surface area contributed by atoms with Gasteiger partial charge in [0.25, 0.3) is 0 Å². The van der Waals surface area contributed by atoms with Crippen molar-refractivity contribution in [3.8, 4) is 0 Å². The number of hydrogen-bond acceptors (Lipinski definition) is 2. The van der Waals surface area contributed by atoms with E-state index in [1.165, 1.54) is 22.9 Å². The van der Waals surface area contributed by atoms with E-state index in [-0.39, 0.29) is 5.82 Å². The molecule has 0 saturated heterocycles. The monoisotopic (exact) mass is 275 g/mol. The lowest BCUT2D eigenvalue weighted by molar-refractivity contribution is 0.599. The van der Waals surface area contributed by atoms with Crippen molar-refractivity contribution in [2.24, 2.45) is 5.73 Å². The molecule has 0 aliphatic heterocycles. The van der Waals surface area contributed by atoms with Crippen molar-refractivity contribution in [3.63, 3.8) is 0 Å². The molecular weight excluding hydrogens is 257 g/mol. The van der Waals surface area contributed by atoms with Crippen LogP contribution in [0.5, 0.6) is 0 Å². The van der Waals surface area contributed by atoms with Crippen LogP contribution >= 0.6 is 11.8 Å². The summed E-state index contributed by atoms with van der Waals surface area (Å²) >= 11 is 1.53. The van der Waals surface area contributed by atoms with Gasteiger partial charge in [0.05, 0.1) is 0 Å². The molecule has 2 aromatic carbocycles. The number of halogens is 1. The number of rotatable bonds is 5. The van der Waals surface area contributed by atoms with Crippen molar-refractivity contribution in [2.75, 3.05) is 6.54 Å². The van der Waals surface area contributed by atoms with Crippen LogP contribution < -0.4 is 5.73 Å². The molecule has 0 aliphatic carbocycles. The first-order chi connectivity index (χ1) is 9.20. The molecule has 0 aliphatic rings. The fourth-order valence-corrected chi connectivity index (χ4v) is 2.91. The third kappa shape index (κ3) is 3.82. The molecular formula is C16H18FNS. The molecule has 0 unspecified atom stereocenters. The van der Waals surface area contributed by atoms with Crippen molar-refractivity contribution in [1.29, 1.82) is 0 Å². The maximum atomic E-state index is 13.9. The fourth-order valence-electron chi connectivity index (χ4n) is 1.91. The summed E-state index contributed by atoms with van der Waals surface area (Å²) in [5, 5.41) is 0. The summed E-state index contributed by atoms with van der Waals surface area (Å²) in [5.74, 6) is 0.643. The van der Waals surface area contributed by atoms with Crippen LogP contribution in [0.2, 0.25) is 0 Å². The number of nitrogens with two attached hydrogens (primary N) is 1. The molecule has 0 atom stereocenters. The molecule has 3 heteroatoms. The molecule has 0 radical (unpaired) electrons. The zero-order valence-corrected chi connectivity index (χ0v) is 11.8. The van der Waals surface area contributed by atoms with Gasteiger partial charge >= 0.3 is 0 Å². The van der Waals surface area contributed by atoms with Gasteiger partial charge in [-0.15, -0.1) is 11.8 Å². The minimum Gasteiger partial charge on any atom is -0.330 e. The summed E-state index contributed by atoms with van der Waals surface area (Å²) in [5.41, 5.74) is 8.92. The first-order valence-electron chi connectivity index (χ1n) is 6.36. The lowest BCUT2D eigenvalue weighted by Crippen LogP contribution is -2.02. The molecule has 2 rings (SSSR count). The Labute approximate surface area is 118 Å². The Morgan fingerprint density at radius 2 is 1.95 bits per heavy atom. The predicted octanol–water partition coefficient (Wildman–Crippen LogP) is 3.93. The highest BCUT2D eigenvalue weighted by Gasteiger charge is 2.05. The van der Waals surface area contributed by atoms with Crippen LogP contribution in [0, 0.1) is 12.7 Å². The molecule has 0 saturated carbocycles.